The van der Waals surface area contributed by atoms with Crippen molar-refractivity contribution >= 4 is 27.8 Å². The van der Waals surface area contributed by atoms with E-state index in [1.165, 1.54) is 0 Å². The van der Waals surface area contributed by atoms with E-state index in [1.807, 2.05) is 13.0 Å². The van der Waals surface area contributed by atoms with Gasteiger partial charge in [-0.05, 0) is 41.9 Å². The van der Waals surface area contributed by atoms with E-state index in [4.69, 9.17) is 5.11 Å². The number of amides is 2. The third kappa shape index (κ3) is 3.79. The zero-order valence-electron chi connectivity index (χ0n) is 9.12. The fourth-order valence-electron chi connectivity index (χ4n) is 1.04. The number of hydrogen-bond acceptors (Lipinski definition) is 3. The van der Waals surface area contributed by atoms with E-state index in [0.717, 1.165) is 10.2 Å². The summed E-state index contributed by atoms with van der Waals surface area (Å²) < 4.78 is 0.891. The molecular weight excluding hydrogens is 274 g/mol. The molecule has 0 saturated heterocycles. The van der Waals surface area contributed by atoms with E-state index >= 15 is 0 Å². The minimum absolute atomic E-state index is 0.0970. The second kappa shape index (κ2) is 5.81. The van der Waals surface area contributed by atoms with Crippen molar-refractivity contribution in [3.05, 3.63) is 22.3 Å². The number of aliphatic hydroxyl groups excluding tert-OH is 1. The van der Waals surface area contributed by atoms with Crippen LogP contribution < -0.4 is 10.6 Å². The molecule has 16 heavy (non-hydrogen) atoms. The molecule has 0 bridgehead atoms. The first-order valence-electron chi connectivity index (χ1n) is 4.84. The lowest BCUT2D eigenvalue weighted by molar-refractivity contribution is 0.229. The molecule has 88 valence electrons. The Hall–Kier alpha value is -1.14. The standard InChI is InChI=1S/C10H14BrN3O2/c1-6(5-15)12-10(16)14-9-4-3-8(11)7(2)13-9/h3-4,6,15H,5H2,1-2H3,(H2,12,13,14,16)/t6-/m0/s1. The Kier molecular flexibility index (Phi) is 4.70. The summed E-state index contributed by atoms with van der Waals surface area (Å²) in [4.78, 5) is 15.6. The van der Waals surface area contributed by atoms with Crippen molar-refractivity contribution in [3.63, 3.8) is 0 Å². The predicted octanol–water partition coefficient (Wildman–Crippen LogP) is 1.65. The van der Waals surface area contributed by atoms with Gasteiger partial charge < -0.3 is 10.4 Å². The highest BCUT2D eigenvalue weighted by Crippen LogP contribution is 2.15. The van der Waals surface area contributed by atoms with Crippen molar-refractivity contribution in [1.82, 2.24) is 10.3 Å². The number of pyridine rings is 1. The molecule has 0 spiro atoms. The Morgan fingerprint density at radius 2 is 2.31 bits per heavy atom. The Labute approximate surface area is 102 Å². The number of carbonyl (C=O) groups excluding carboxylic acids is 1. The number of nitrogens with one attached hydrogen (secondary N) is 2. The van der Waals surface area contributed by atoms with Crippen LogP contribution in [0.1, 0.15) is 12.6 Å². The quantitative estimate of drug-likeness (QED) is 0.791. The molecule has 0 aliphatic rings. The van der Waals surface area contributed by atoms with Gasteiger partial charge in [0.25, 0.3) is 0 Å². The summed E-state index contributed by atoms with van der Waals surface area (Å²) in [5.41, 5.74) is 0.799. The van der Waals surface area contributed by atoms with Crippen molar-refractivity contribution in [1.29, 1.82) is 0 Å². The van der Waals surface area contributed by atoms with Crippen LogP contribution in [0.5, 0.6) is 0 Å². The molecule has 6 heteroatoms. The van der Waals surface area contributed by atoms with Crippen molar-refractivity contribution in [2.45, 2.75) is 19.9 Å². The molecule has 0 radical (unpaired) electrons. The molecule has 1 heterocycles. The van der Waals surface area contributed by atoms with Crippen LogP contribution in [0.2, 0.25) is 0 Å². The molecule has 0 aromatic carbocycles. The van der Waals surface area contributed by atoms with Crippen molar-refractivity contribution in [2.24, 2.45) is 0 Å². The van der Waals surface area contributed by atoms with Crippen LogP contribution in [-0.2, 0) is 0 Å². The van der Waals surface area contributed by atoms with Gasteiger partial charge in [0.2, 0.25) is 0 Å². The molecule has 1 aromatic heterocycles. The number of urea groups is 1. The van der Waals surface area contributed by atoms with Gasteiger partial charge in [0.05, 0.1) is 18.3 Å². The smallest absolute Gasteiger partial charge is 0.320 e. The normalized spacial score (nSPS) is 12.0. The molecule has 0 aliphatic carbocycles. The number of nitrogens with zero attached hydrogens (tertiary/aromatic N) is 1. The summed E-state index contributed by atoms with van der Waals surface area (Å²) in [5, 5.41) is 13.9. The first-order valence-corrected chi connectivity index (χ1v) is 5.63. The van der Waals surface area contributed by atoms with Crippen LogP contribution in [0.4, 0.5) is 10.6 Å². The van der Waals surface area contributed by atoms with Crippen LogP contribution in [0, 0.1) is 6.92 Å². The summed E-state index contributed by atoms with van der Waals surface area (Å²) in [7, 11) is 0. The lowest BCUT2D eigenvalue weighted by atomic mass is 10.3. The van der Waals surface area contributed by atoms with Crippen molar-refractivity contribution in [3.8, 4) is 0 Å². The minimum atomic E-state index is -0.379. The zero-order valence-corrected chi connectivity index (χ0v) is 10.7. The number of anilines is 1. The molecule has 3 N–H and O–H groups in total. The van der Waals surface area contributed by atoms with Gasteiger partial charge in [0, 0.05) is 4.47 Å². The van der Waals surface area contributed by atoms with E-state index in [2.05, 4.69) is 31.5 Å². The Balaban J connectivity index is 2.59. The number of rotatable bonds is 3. The van der Waals surface area contributed by atoms with Gasteiger partial charge in [-0.25, -0.2) is 9.78 Å². The molecule has 5 nitrogen and oxygen atoms in total. The monoisotopic (exact) mass is 287 g/mol. The number of hydrogen-bond donors (Lipinski definition) is 3. The van der Waals surface area contributed by atoms with E-state index in [9.17, 15) is 4.79 Å². The summed E-state index contributed by atoms with van der Waals surface area (Å²) in [5.74, 6) is 0.475. The number of aliphatic hydroxyl groups is 1. The Morgan fingerprint density at radius 3 is 2.88 bits per heavy atom. The number of carbonyl (C=O) groups is 1. The first-order chi connectivity index (χ1) is 7.52. The molecule has 1 rings (SSSR count). The second-order valence-corrected chi connectivity index (χ2v) is 4.30. The fraction of sp³-hybridized carbons (Fsp3) is 0.400. The highest BCUT2D eigenvalue weighted by Gasteiger charge is 2.07. The fourth-order valence-corrected chi connectivity index (χ4v) is 1.26. The highest BCUT2D eigenvalue weighted by molar-refractivity contribution is 9.10. The van der Waals surface area contributed by atoms with Gasteiger partial charge in [-0.15, -0.1) is 0 Å². The van der Waals surface area contributed by atoms with Crippen LogP contribution in [0.3, 0.4) is 0 Å². The average molecular weight is 288 g/mol. The van der Waals surface area contributed by atoms with Gasteiger partial charge in [-0.2, -0.15) is 0 Å². The number of aromatic nitrogens is 1. The van der Waals surface area contributed by atoms with Crippen LogP contribution in [0.25, 0.3) is 0 Å². The van der Waals surface area contributed by atoms with Gasteiger partial charge in [0.15, 0.2) is 0 Å². The van der Waals surface area contributed by atoms with E-state index < -0.39 is 0 Å². The molecule has 0 saturated carbocycles. The zero-order chi connectivity index (χ0) is 12.1. The van der Waals surface area contributed by atoms with E-state index in [0.29, 0.717) is 5.82 Å². The van der Waals surface area contributed by atoms with Crippen LogP contribution in [-0.4, -0.2) is 28.8 Å². The number of halogens is 1. The van der Waals surface area contributed by atoms with Crippen molar-refractivity contribution in [2.75, 3.05) is 11.9 Å². The van der Waals surface area contributed by atoms with E-state index in [1.54, 1.807) is 13.0 Å². The molecule has 0 fully saturated rings. The maximum absolute atomic E-state index is 11.4. The molecule has 1 atom stereocenters. The summed E-state index contributed by atoms with van der Waals surface area (Å²) in [6.07, 6.45) is 0. The third-order valence-corrected chi connectivity index (χ3v) is 2.75. The maximum atomic E-state index is 11.4. The highest BCUT2D eigenvalue weighted by atomic mass is 79.9. The molecule has 0 unspecified atom stereocenters. The Morgan fingerprint density at radius 1 is 1.62 bits per heavy atom. The SMILES string of the molecule is Cc1nc(NC(=O)N[C@@H](C)CO)ccc1Br. The second-order valence-electron chi connectivity index (χ2n) is 3.45. The predicted molar refractivity (Wildman–Crippen MR) is 65.4 cm³/mol. The minimum Gasteiger partial charge on any atom is -0.394 e. The third-order valence-electron chi connectivity index (χ3n) is 1.91. The first kappa shape index (κ1) is 12.9. The van der Waals surface area contributed by atoms with Gasteiger partial charge >= 0.3 is 6.03 Å². The van der Waals surface area contributed by atoms with Gasteiger partial charge in [0.1, 0.15) is 5.82 Å². The van der Waals surface area contributed by atoms with E-state index in [-0.39, 0.29) is 18.7 Å². The maximum Gasteiger partial charge on any atom is 0.320 e. The van der Waals surface area contributed by atoms with Gasteiger partial charge in [-0.3, -0.25) is 5.32 Å². The van der Waals surface area contributed by atoms with Crippen LogP contribution >= 0.6 is 15.9 Å². The molecule has 0 aliphatic heterocycles. The summed E-state index contributed by atoms with van der Waals surface area (Å²) in [6, 6.07) is 2.85. The molecule has 1 aromatic rings. The molecule has 2 amide bonds. The topological polar surface area (TPSA) is 74.2 Å². The van der Waals surface area contributed by atoms with Gasteiger partial charge in [-0.1, -0.05) is 0 Å². The lowest BCUT2D eigenvalue weighted by Crippen LogP contribution is -2.38. The van der Waals surface area contributed by atoms with Crippen molar-refractivity contribution < 1.29 is 9.90 Å². The summed E-state index contributed by atoms with van der Waals surface area (Å²) in [6.45, 7) is 3.45. The lowest BCUT2D eigenvalue weighted by Gasteiger charge is -2.11. The number of aryl methyl sites for hydroxylation is 1. The van der Waals surface area contributed by atoms with Crippen LogP contribution in [0.15, 0.2) is 16.6 Å². The average Bonchev–Trinajstić information content (AvgIpc) is 2.23. The summed E-state index contributed by atoms with van der Waals surface area (Å²) >= 11 is 3.32. The molecular formula is C10H14BrN3O2. The largest absolute Gasteiger partial charge is 0.394 e. The Bertz CT molecular complexity index is 384.